The number of para-hydroxylation sites is 2. The second kappa shape index (κ2) is 8.26. The molecule has 0 spiro atoms. The number of ether oxygens (including phenoxy) is 1. The molecule has 0 unspecified atom stereocenters. The van der Waals surface area contributed by atoms with E-state index in [1.165, 1.54) is 0 Å². The Morgan fingerprint density at radius 3 is 1.84 bits per heavy atom. The molecule has 1 aliphatic heterocycles. The monoisotopic (exact) mass is 420 g/mol. The van der Waals surface area contributed by atoms with Gasteiger partial charge in [-0.1, -0.05) is 47.5 Å². The van der Waals surface area contributed by atoms with E-state index in [-0.39, 0.29) is 0 Å². The zero-order chi connectivity index (χ0) is 22.1. The van der Waals surface area contributed by atoms with Crippen LogP contribution in [0.2, 0.25) is 0 Å². The van der Waals surface area contributed by atoms with Gasteiger partial charge in [-0.2, -0.15) is 0 Å². The first-order valence-electron chi connectivity index (χ1n) is 10.2. The molecular weight excluding hydrogens is 396 g/mol. The molecule has 7 nitrogen and oxygen atoms in total. The standard InChI is InChI=1S/C24H24N2O5/c1-13-11-17(18(24(29)30)12-14(13)2)22(27)25-26-23(28)21-15-7-3-5-9-19(15)31-20-10-6-4-8-16(20)21/h3-10,17-18,21H,11-12H2,1-2H3,(H,25,27)(H,26,28)(H,29,30)/t17-,18-/m0/s1. The molecule has 3 N–H and O–H groups in total. The second-order valence-electron chi connectivity index (χ2n) is 8.11. The van der Waals surface area contributed by atoms with Gasteiger partial charge in [0.05, 0.1) is 17.8 Å². The molecule has 0 aromatic heterocycles. The normalized spacial score (nSPS) is 20.2. The van der Waals surface area contributed by atoms with Crippen LogP contribution < -0.4 is 15.6 Å². The maximum atomic E-state index is 13.1. The number of rotatable bonds is 3. The highest BCUT2D eigenvalue weighted by molar-refractivity contribution is 5.92. The molecule has 2 aliphatic rings. The second-order valence-corrected chi connectivity index (χ2v) is 8.11. The van der Waals surface area contributed by atoms with Crippen molar-refractivity contribution in [3.8, 4) is 11.5 Å². The number of nitrogens with one attached hydrogen (secondary N) is 2. The van der Waals surface area contributed by atoms with Crippen molar-refractivity contribution < 1.29 is 24.2 Å². The number of benzene rings is 2. The summed E-state index contributed by atoms with van der Waals surface area (Å²) in [6.45, 7) is 3.80. The molecule has 0 saturated heterocycles. The number of allylic oxidation sites excluding steroid dienone is 2. The highest BCUT2D eigenvalue weighted by atomic mass is 16.5. The Morgan fingerprint density at radius 1 is 0.806 bits per heavy atom. The van der Waals surface area contributed by atoms with Crippen LogP contribution in [0.4, 0.5) is 0 Å². The van der Waals surface area contributed by atoms with Gasteiger partial charge in [-0.15, -0.1) is 0 Å². The van der Waals surface area contributed by atoms with Crippen LogP contribution in [0.3, 0.4) is 0 Å². The van der Waals surface area contributed by atoms with E-state index in [1.54, 1.807) is 12.1 Å². The van der Waals surface area contributed by atoms with Crippen molar-refractivity contribution in [1.29, 1.82) is 0 Å². The van der Waals surface area contributed by atoms with Crippen LogP contribution >= 0.6 is 0 Å². The Hall–Kier alpha value is -3.61. The molecule has 2 aromatic rings. The summed E-state index contributed by atoms with van der Waals surface area (Å²) < 4.78 is 5.90. The van der Waals surface area contributed by atoms with Crippen LogP contribution in [0.1, 0.15) is 43.7 Å². The summed E-state index contributed by atoms with van der Waals surface area (Å²) >= 11 is 0. The lowest BCUT2D eigenvalue weighted by Gasteiger charge is -2.30. The summed E-state index contributed by atoms with van der Waals surface area (Å²) in [7, 11) is 0. The van der Waals surface area contributed by atoms with Gasteiger partial charge in [0.2, 0.25) is 5.91 Å². The van der Waals surface area contributed by atoms with Crippen molar-refractivity contribution in [2.45, 2.75) is 32.6 Å². The van der Waals surface area contributed by atoms with Crippen LogP contribution in [0.25, 0.3) is 0 Å². The number of hydrazine groups is 1. The van der Waals surface area contributed by atoms with E-state index in [2.05, 4.69) is 10.9 Å². The Morgan fingerprint density at radius 2 is 1.29 bits per heavy atom. The van der Waals surface area contributed by atoms with Crippen molar-refractivity contribution in [2.75, 3.05) is 0 Å². The molecule has 7 heteroatoms. The van der Waals surface area contributed by atoms with Gasteiger partial charge in [0.1, 0.15) is 11.5 Å². The Kier molecular flexibility index (Phi) is 5.50. The lowest BCUT2D eigenvalue weighted by atomic mass is 9.76. The maximum absolute atomic E-state index is 13.1. The molecule has 0 radical (unpaired) electrons. The molecule has 0 fully saturated rings. The number of aliphatic carboxylic acids is 1. The van der Waals surface area contributed by atoms with E-state index < -0.39 is 35.5 Å². The third-order valence-electron chi connectivity index (χ3n) is 6.17. The molecule has 1 aliphatic carbocycles. The highest BCUT2D eigenvalue weighted by Gasteiger charge is 2.38. The Bertz CT molecular complexity index is 1050. The molecule has 0 saturated carbocycles. The minimum absolute atomic E-state index is 0.327. The van der Waals surface area contributed by atoms with Gasteiger partial charge in [-0.3, -0.25) is 25.2 Å². The number of hydrogen-bond donors (Lipinski definition) is 3. The van der Waals surface area contributed by atoms with E-state index in [4.69, 9.17) is 4.74 Å². The largest absolute Gasteiger partial charge is 0.481 e. The van der Waals surface area contributed by atoms with Crippen LogP contribution in [-0.2, 0) is 14.4 Å². The summed E-state index contributed by atoms with van der Waals surface area (Å²) in [4.78, 5) is 37.6. The SMILES string of the molecule is CC1=C(C)C[C@H](C(=O)NNC(=O)C2c3ccccc3Oc3ccccc32)[C@@H](C(=O)O)C1. The molecule has 1 heterocycles. The van der Waals surface area contributed by atoms with Crippen LogP contribution in [0.5, 0.6) is 11.5 Å². The predicted octanol–water partition coefficient (Wildman–Crippen LogP) is 3.52. The van der Waals surface area contributed by atoms with Gasteiger partial charge in [-0.25, -0.2) is 0 Å². The lowest BCUT2D eigenvalue weighted by molar-refractivity contribution is -0.148. The van der Waals surface area contributed by atoms with Crippen molar-refractivity contribution >= 4 is 17.8 Å². The number of hydrogen-bond acceptors (Lipinski definition) is 4. The average molecular weight is 420 g/mol. The number of carbonyl (C=O) groups is 3. The van der Waals surface area contributed by atoms with Crippen LogP contribution in [0, 0.1) is 11.8 Å². The van der Waals surface area contributed by atoms with Gasteiger partial charge >= 0.3 is 5.97 Å². The van der Waals surface area contributed by atoms with Crippen molar-refractivity contribution in [3.63, 3.8) is 0 Å². The number of carboxylic acid groups (broad SMARTS) is 1. The first kappa shape index (κ1) is 20.7. The summed E-state index contributed by atoms with van der Waals surface area (Å²) in [5, 5.41) is 9.56. The van der Waals surface area contributed by atoms with E-state index in [1.807, 2.05) is 50.2 Å². The fourth-order valence-corrected chi connectivity index (χ4v) is 4.31. The number of fused-ring (bicyclic) bond motifs is 2. The first-order valence-corrected chi connectivity index (χ1v) is 10.2. The summed E-state index contributed by atoms with van der Waals surface area (Å²) in [5.41, 5.74) is 8.38. The van der Waals surface area contributed by atoms with Crippen molar-refractivity contribution in [3.05, 3.63) is 70.8 Å². The van der Waals surface area contributed by atoms with Crippen LogP contribution in [0.15, 0.2) is 59.7 Å². The molecule has 2 aromatic carbocycles. The maximum Gasteiger partial charge on any atom is 0.307 e. The highest BCUT2D eigenvalue weighted by Crippen LogP contribution is 2.43. The Labute approximate surface area is 180 Å². The predicted molar refractivity (Wildman–Crippen MR) is 113 cm³/mol. The Balaban J connectivity index is 1.53. The summed E-state index contributed by atoms with van der Waals surface area (Å²) in [6, 6.07) is 14.5. The third kappa shape index (κ3) is 3.91. The third-order valence-corrected chi connectivity index (χ3v) is 6.17. The van der Waals surface area contributed by atoms with E-state index in [0.717, 1.165) is 11.1 Å². The van der Waals surface area contributed by atoms with Crippen molar-refractivity contribution in [1.82, 2.24) is 10.9 Å². The molecule has 160 valence electrons. The van der Waals surface area contributed by atoms with Gasteiger partial charge in [0, 0.05) is 11.1 Å². The lowest BCUT2D eigenvalue weighted by Crippen LogP contribution is -2.49. The van der Waals surface area contributed by atoms with E-state index >= 15 is 0 Å². The topological polar surface area (TPSA) is 105 Å². The molecule has 4 rings (SSSR count). The minimum Gasteiger partial charge on any atom is -0.481 e. The van der Waals surface area contributed by atoms with E-state index in [9.17, 15) is 19.5 Å². The fraction of sp³-hybridized carbons (Fsp3) is 0.292. The fourth-order valence-electron chi connectivity index (χ4n) is 4.31. The van der Waals surface area contributed by atoms with Gasteiger partial charge in [0.15, 0.2) is 0 Å². The first-order chi connectivity index (χ1) is 14.9. The summed E-state index contributed by atoms with van der Waals surface area (Å²) in [6.07, 6.45) is 0.682. The number of amides is 2. The molecule has 2 amide bonds. The van der Waals surface area contributed by atoms with Gasteiger partial charge in [-0.05, 0) is 38.8 Å². The molecule has 2 atom stereocenters. The molecule has 31 heavy (non-hydrogen) atoms. The molecule has 0 bridgehead atoms. The minimum atomic E-state index is -1.01. The average Bonchev–Trinajstić information content (AvgIpc) is 2.76. The zero-order valence-electron chi connectivity index (χ0n) is 17.3. The van der Waals surface area contributed by atoms with Gasteiger partial charge in [0.25, 0.3) is 5.91 Å². The zero-order valence-corrected chi connectivity index (χ0v) is 17.3. The van der Waals surface area contributed by atoms with Crippen molar-refractivity contribution in [2.24, 2.45) is 11.8 Å². The van der Waals surface area contributed by atoms with Gasteiger partial charge < -0.3 is 9.84 Å². The smallest absolute Gasteiger partial charge is 0.307 e. The van der Waals surface area contributed by atoms with Crippen LogP contribution in [-0.4, -0.2) is 22.9 Å². The number of carbonyl (C=O) groups excluding carboxylic acids is 2. The number of carboxylic acids is 1. The summed E-state index contributed by atoms with van der Waals surface area (Å²) in [5.74, 6) is -2.97. The van der Waals surface area contributed by atoms with E-state index in [0.29, 0.717) is 35.5 Å². The quantitative estimate of drug-likeness (QED) is 0.521. The molecular formula is C24H24N2O5.